The average molecular weight is 400 g/mol. The number of hydrogen-bond acceptors (Lipinski definition) is 4. The van der Waals surface area contributed by atoms with E-state index in [0.717, 1.165) is 38.3 Å². The van der Waals surface area contributed by atoms with Gasteiger partial charge in [-0.3, -0.25) is 4.79 Å². The van der Waals surface area contributed by atoms with Crippen LogP contribution in [0.25, 0.3) is 0 Å². The predicted octanol–water partition coefficient (Wildman–Crippen LogP) is 1.74. The summed E-state index contributed by atoms with van der Waals surface area (Å²) in [6.45, 7) is 6.05. The van der Waals surface area contributed by atoms with Crippen molar-refractivity contribution in [2.45, 2.75) is 13.3 Å². The normalized spacial score (nSPS) is 14.5. The highest BCUT2D eigenvalue weighted by molar-refractivity contribution is 5.93. The molecule has 1 aliphatic heterocycles. The second-order valence-electron chi connectivity index (χ2n) is 7.15. The first-order chi connectivity index (χ1) is 14.0. The number of piperazine rings is 1. The number of carbonyl (C=O) groups excluding carboxylic acids is 2. The van der Waals surface area contributed by atoms with Crippen LogP contribution in [0.5, 0.6) is 0 Å². The Morgan fingerprint density at radius 2 is 1.72 bits per heavy atom. The maximum Gasteiger partial charge on any atom is 0.338 e. The topological polar surface area (TPSA) is 63.1 Å². The average Bonchev–Trinajstić information content (AvgIpc) is 2.73. The van der Waals surface area contributed by atoms with Crippen molar-refractivity contribution in [1.82, 2.24) is 0 Å². The van der Waals surface area contributed by atoms with E-state index >= 15 is 0 Å². The summed E-state index contributed by atoms with van der Waals surface area (Å²) in [6.07, 6.45) is 0.778. The van der Waals surface area contributed by atoms with Crippen LogP contribution in [-0.4, -0.2) is 51.2 Å². The van der Waals surface area contributed by atoms with Gasteiger partial charge in [-0.05, 0) is 55.0 Å². The highest BCUT2D eigenvalue weighted by atomic mass is 19.1. The minimum atomic E-state index is -0.354. The number of ether oxygens (including phenoxy) is 1. The second kappa shape index (κ2) is 10.0. The third kappa shape index (κ3) is 6.02. The number of amides is 1. The number of nitrogens with one attached hydrogen (secondary N) is 2. The lowest BCUT2D eigenvalue weighted by Crippen LogP contribution is -3.15. The zero-order valence-corrected chi connectivity index (χ0v) is 16.6. The highest BCUT2D eigenvalue weighted by Gasteiger charge is 2.22. The van der Waals surface area contributed by atoms with Crippen LogP contribution in [-0.2, 0) is 9.53 Å². The lowest BCUT2D eigenvalue weighted by molar-refractivity contribution is -0.892. The van der Waals surface area contributed by atoms with Crippen molar-refractivity contribution >= 4 is 23.3 Å². The van der Waals surface area contributed by atoms with E-state index < -0.39 is 0 Å². The van der Waals surface area contributed by atoms with Gasteiger partial charge in [-0.1, -0.05) is 6.92 Å². The van der Waals surface area contributed by atoms with Crippen molar-refractivity contribution in [2.24, 2.45) is 0 Å². The number of nitrogens with zero attached hydrogens (tertiary/aromatic N) is 1. The molecule has 0 aliphatic carbocycles. The van der Waals surface area contributed by atoms with Crippen molar-refractivity contribution in [3.05, 3.63) is 59.9 Å². The van der Waals surface area contributed by atoms with Gasteiger partial charge in [0.15, 0.2) is 6.54 Å². The molecular weight excluding hydrogens is 373 g/mol. The summed E-state index contributed by atoms with van der Waals surface area (Å²) in [5, 5.41) is 2.88. The molecule has 29 heavy (non-hydrogen) atoms. The van der Waals surface area contributed by atoms with Crippen LogP contribution >= 0.6 is 0 Å². The van der Waals surface area contributed by atoms with Crippen LogP contribution in [0.2, 0.25) is 0 Å². The summed E-state index contributed by atoms with van der Waals surface area (Å²) >= 11 is 0. The number of esters is 1. The Labute approximate surface area is 170 Å². The lowest BCUT2D eigenvalue weighted by atomic mass is 10.2. The molecule has 0 radical (unpaired) electrons. The van der Waals surface area contributed by atoms with Gasteiger partial charge in [0, 0.05) is 11.4 Å². The predicted molar refractivity (Wildman–Crippen MR) is 110 cm³/mol. The number of halogens is 1. The largest absolute Gasteiger partial charge is 0.462 e. The van der Waals surface area contributed by atoms with Crippen LogP contribution in [0.1, 0.15) is 23.7 Å². The Kier molecular flexibility index (Phi) is 7.19. The summed E-state index contributed by atoms with van der Waals surface area (Å²) in [5.74, 6) is -0.648. The van der Waals surface area contributed by atoms with Crippen LogP contribution in [0, 0.1) is 5.82 Å². The number of rotatable bonds is 7. The number of carbonyl (C=O) groups is 2. The van der Waals surface area contributed by atoms with Crippen molar-refractivity contribution in [1.29, 1.82) is 0 Å². The summed E-state index contributed by atoms with van der Waals surface area (Å²) in [7, 11) is 0. The molecule has 2 aromatic carbocycles. The van der Waals surface area contributed by atoms with E-state index in [1.165, 1.54) is 17.0 Å². The molecule has 0 saturated carbocycles. The number of benzene rings is 2. The number of hydrogen-bond donors (Lipinski definition) is 2. The third-order valence-electron chi connectivity index (χ3n) is 4.91. The van der Waals surface area contributed by atoms with Crippen LogP contribution in [0.3, 0.4) is 0 Å². The van der Waals surface area contributed by atoms with Crippen molar-refractivity contribution in [3.8, 4) is 0 Å². The molecule has 0 spiro atoms. The lowest BCUT2D eigenvalue weighted by Gasteiger charge is -2.33. The van der Waals surface area contributed by atoms with Crippen LogP contribution in [0.15, 0.2) is 48.5 Å². The number of anilines is 2. The first-order valence-corrected chi connectivity index (χ1v) is 9.96. The van der Waals surface area contributed by atoms with Gasteiger partial charge in [0.1, 0.15) is 5.82 Å². The minimum Gasteiger partial charge on any atom is -0.462 e. The Bertz CT molecular complexity index is 816. The standard InChI is InChI=1S/C22H26FN3O3/c1-2-15-29-22(28)17-3-7-19(8-4-17)24-21(27)16-25-11-13-26(14-12-25)20-9-5-18(23)6-10-20/h3-10H,2,11-16H2,1H3,(H,24,27)/p+1. The number of quaternary nitrogens is 1. The van der Waals surface area contributed by atoms with Gasteiger partial charge in [0.05, 0.1) is 38.3 Å². The second-order valence-corrected chi connectivity index (χ2v) is 7.15. The van der Waals surface area contributed by atoms with Crippen LogP contribution in [0.4, 0.5) is 15.8 Å². The maximum atomic E-state index is 13.1. The highest BCUT2D eigenvalue weighted by Crippen LogP contribution is 2.14. The summed E-state index contributed by atoms with van der Waals surface area (Å²) in [5.41, 5.74) is 2.14. The Balaban J connectivity index is 1.44. The van der Waals surface area contributed by atoms with Gasteiger partial charge in [-0.15, -0.1) is 0 Å². The first-order valence-electron chi connectivity index (χ1n) is 9.96. The zero-order valence-electron chi connectivity index (χ0n) is 16.6. The summed E-state index contributed by atoms with van der Waals surface area (Å²) < 4.78 is 18.2. The molecule has 2 N–H and O–H groups in total. The zero-order chi connectivity index (χ0) is 20.6. The molecule has 0 atom stereocenters. The fourth-order valence-corrected chi connectivity index (χ4v) is 3.31. The monoisotopic (exact) mass is 400 g/mol. The molecule has 1 amide bonds. The third-order valence-corrected chi connectivity index (χ3v) is 4.91. The molecule has 1 heterocycles. The summed E-state index contributed by atoms with van der Waals surface area (Å²) in [4.78, 5) is 27.6. The Morgan fingerprint density at radius 1 is 1.07 bits per heavy atom. The molecule has 1 saturated heterocycles. The molecule has 154 valence electrons. The van der Waals surface area contributed by atoms with Crippen molar-refractivity contribution < 1.29 is 23.6 Å². The summed E-state index contributed by atoms with van der Waals surface area (Å²) in [6, 6.07) is 13.2. The van der Waals surface area contributed by atoms with Crippen LogP contribution < -0.4 is 15.1 Å². The molecule has 0 unspecified atom stereocenters. The molecule has 2 aromatic rings. The molecule has 1 fully saturated rings. The van der Waals surface area contributed by atoms with E-state index in [1.54, 1.807) is 36.4 Å². The molecule has 1 aliphatic rings. The molecule has 6 nitrogen and oxygen atoms in total. The molecular formula is C22H27FN3O3+. The smallest absolute Gasteiger partial charge is 0.338 e. The van der Waals surface area contributed by atoms with Gasteiger partial charge in [0.25, 0.3) is 5.91 Å². The minimum absolute atomic E-state index is 0.0588. The van der Waals surface area contributed by atoms with Gasteiger partial charge in [-0.2, -0.15) is 0 Å². The van der Waals surface area contributed by atoms with Crippen molar-refractivity contribution in [3.63, 3.8) is 0 Å². The van der Waals surface area contributed by atoms with E-state index in [1.807, 2.05) is 6.92 Å². The van der Waals surface area contributed by atoms with E-state index in [0.29, 0.717) is 24.4 Å². The van der Waals surface area contributed by atoms with Gasteiger partial charge >= 0.3 is 5.97 Å². The van der Waals surface area contributed by atoms with Gasteiger partial charge in [0.2, 0.25) is 0 Å². The van der Waals surface area contributed by atoms with E-state index in [2.05, 4.69) is 10.2 Å². The SMILES string of the molecule is CCCOC(=O)c1ccc(NC(=O)C[NH+]2CCN(c3ccc(F)cc3)CC2)cc1. The molecule has 3 rings (SSSR count). The first kappa shape index (κ1) is 20.8. The Morgan fingerprint density at radius 3 is 2.34 bits per heavy atom. The maximum absolute atomic E-state index is 13.1. The molecule has 0 bridgehead atoms. The van der Waals surface area contributed by atoms with Crippen molar-refractivity contribution in [2.75, 3.05) is 49.5 Å². The fourth-order valence-electron chi connectivity index (χ4n) is 3.31. The van der Waals surface area contributed by atoms with Gasteiger partial charge < -0.3 is 19.9 Å². The van der Waals surface area contributed by atoms with E-state index in [4.69, 9.17) is 4.74 Å². The molecule has 7 heteroatoms. The van der Waals surface area contributed by atoms with E-state index in [9.17, 15) is 14.0 Å². The van der Waals surface area contributed by atoms with E-state index in [-0.39, 0.29) is 17.7 Å². The quantitative estimate of drug-likeness (QED) is 0.695. The van der Waals surface area contributed by atoms with Gasteiger partial charge in [-0.25, -0.2) is 9.18 Å². The fraction of sp³-hybridized carbons (Fsp3) is 0.364. The molecule has 0 aromatic heterocycles. The Hall–Kier alpha value is -2.93.